The Kier molecular flexibility index (Phi) is 7.21. The molecule has 2 aliphatic rings. The lowest BCUT2D eigenvalue weighted by Gasteiger charge is -2.38. The van der Waals surface area contributed by atoms with Gasteiger partial charge >= 0.3 is 5.97 Å². The van der Waals surface area contributed by atoms with Gasteiger partial charge in [0.2, 0.25) is 17.6 Å². The van der Waals surface area contributed by atoms with Crippen molar-refractivity contribution >= 4 is 17.8 Å². The third-order valence-electron chi connectivity index (χ3n) is 5.49. The molecule has 2 heterocycles. The Bertz CT molecular complexity index is 851. The molecule has 10 heteroatoms. The minimum absolute atomic E-state index is 0.160. The van der Waals surface area contributed by atoms with E-state index in [1.165, 1.54) is 21.3 Å². The number of carbonyl (C=O) groups is 2. The molecule has 1 N–H and O–H groups in total. The highest BCUT2D eigenvalue weighted by Crippen LogP contribution is 2.45. The Labute approximate surface area is 182 Å². The largest absolute Gasteiger partial charge is 0.493 e. The highest BCUT2D eigenvalue weighted by Gasteiger charge is 2.44. The first-order valence-corrected chi connectivity index (χ1v) is 10.2. The minimum Gasteiger partial charge on any atom is -0.493 e. The van der Waals surface area contributed by atoms with Gasteiger partial charge in [-0.05, 0) is 26.1 Å². The van der Waals surface area contributed by atoms with Crippen molar-refractivity contribution in [3.05, 3.63) is 17.7 Å². The number of likely N-dealkylation sites (N-methyl/N-ethyl adjacent to an activating group) is 1. The van der Waals surface area contributed by atoms with Crippen LogP contribution in [0.4, 0.5) is 0 Å². The fourth-order valence-corrected chi connectivity index (χ4v) is 3.82. The second-order valence-electron chi connectivity index (χ2n) is 7.33. The normalized spacial score (nSPS) is 21.8. The van der Waals surface area contributed by atoms with Crippen molar-refractivity contribution in [2.24, 2.45) is 10.9 Å². The van der Waals surface area contributed by atoms with Crippen molar-refractivity contribution in [2.45, 2.75) is 13.0 Å². The number of esters is 1. The predicted octanol–water partition coefficient (Wildman–Crippen LogP) is 0.666. The lowest BCUT2D eigenvalue weighted by atomic mass is 9.90. The van der Waals surface area contributed by atoms with Gasteiger partial charge in [0.25, 0.3) is 0 Å². The summed E-state index contributed by atoms with van der Waals surface area (Å²) in [6.07, 6.45) is 0. The Balaban J connectivity index is 2.10. The van der Waals surface area contributed by atoms with Crippen LogP contribution in [0.1, 0.15) is 18.5 Å². The standard InChI is InChI=1S/C21H30N4O6/c1-6-31-20(27)15-16(13-7-8-14(28-3)18(30-5)17(13)29-4)22-21(23-19(15)26)25-11-9-24(2)10-12-25/h7-8,15-16H,6,9-12H2,1-5H3,(H,22,23,26)/t15-,16+/m0/s1. The van der Waals surface area contributed by atoms with Crippen LogP contribution in [0.2, 0.25) is 0 Å². The first-order valence-electron chi connectivity index (χ1n) is 10.2. The maximum Gasteiger partial charge on any atom is 0.321 e. The smallest absolute Gasteiger partial charge is 0.321 e. The Hall–Kier alpha value is -3.01. The van der Waals surface area contributed by atoms with Gasteiger partial charge in [-0.3, -0.25) is 14.9 Å². The zero-order valence-corrected chi connectivity index (χ0v) is 18.6. The molecule has 1 amide bonds. The molecule has 10 nitrogen and oxygen atoms in total. The summed E-state index contributed by atoms with van der Waals surface area (Å²) in [6, 6.07) is 2.61. The molecule has 0 bridgehead atoms. The number of nitrogens with one attached hydrogen (secondary N) is 1. The van der Waals surface area contributed by atoms with Crippen molar-refractivity contribution in [3.63, 3.8) is 0 Å². The molecule has 0 unspecified atom stereocenters. The fraction of sp³-hybridized carbons (Fsp3) is 0.571. The number of carbonyl (C=O) groups excluding carboxylic acids is 2. The van der Waals surface area contributed by atoms with Crippen LogP contribution in [-0.4, -0.2) is 88.8 Å². The van der Waals surface area contributed by atoms with Crippen LogP contribution in [0.5, 0.6) is 17.2 Å². The minimum atomic E-state index is -1.15. The van der Waals surface area contributed by atoms with Gasteiger partial charge in [0.1, 0.15) is 6.04 Å². The van der Waals surface area contributed by atoms with Crippen molar-refractivity contribution in [3.8, 4) is 17.2 Å². The molecular weight excluding hydrogens is 404 g/mol. The van der Waals surface area contributed by atoms with Crippen molar-refractivity contribution in [1.82, 2.24) is 15.1 Å². The van der Waals surface area contributed by atoms with E-state index in [0.29, 0.717) is 28.8 Å². The monoisotopic (exact) mass is 434 g/mol. The highest BCUT2D eigenvalue weighted by atomic mass is 16.5. The van der Waals surface area contributed by atoms with Crippen molar-refractivity contribution in [1.29, 1.82) is 0 Å². The van der Waals surface area contributed by atoms with Gasteiger partial charge in [0, 0.05) is 31.7 Å². The molecule has 1 saturated heterocycles. The summed E-state index contributed by atoms with van der Waals surface area (Å²) in [6.45, 7) is 4.99. The Morgan fingerprint density at radius 2 is 1.77 bits per heavy atom. The molecule has 1 aromatic carbocycles. The molecule has 3 rings (SSSR count). The number of methoxy groups -OCH3 is 3. The first kappa shape index (κ1) is 22.7. The fourth-order valence-electron chi connectivity index (χ4n) is 3.82. The topological polar surface area (TPSA) is 102 Å². The SMILES string of the molecule is CCOC(=O)[C@@H]1C(=O)NC(N2CCN(C)CC2)=N[C@@H]1c1ccc(OC)c(OC)c1OC. The van der Waals surface area contributed by atoms with Crippen molar-refractivity contribution in [2.75, 3.05) is 61.2 Å². The predicted molar refractivity (Wildman–Crippen MR) is 114 cm³/mol. The maximum absolute atomic E-state index is 13.1. The third kappa shape index (κ3) is 4.53. The maximum atomic E-state index is 13.1. The molecule has 1 aromatic rings. The summed E-state index contributed by atoms with van der Waals surface area (Å²) in [4.78, 5) is 34.8. The van der Waals surface area contributed by atoms with E-state index >= 15 is 0 Å². The van der Waals surface area contributed by atoms with Gasteiger partial charge in [-0.25, -0.2) is 4.99 Å². The summed E-state index contributed by atoms with van der Waals surface area (Å²) < 4.78 is 21.6. The Morgan fingerprint density at radius 3 is 2.35 bits per heavy atom. The van der Waals surface area contributed by atoms with Crippen LogP contribution in [-0.2, 0) is 14.3 Å². The number of amides is 1. The highest BCUT2D eigenvalue weighted by molar-refractivity contribution is 6.08. The molecule has 1 fully saturated rings. The van der Waals surface area contributed by atoms with Gasteiger partial charge < -0.3 is 28.7 Å². The van der Waals surface area contributed by atoms with E-state index < -0.39 is 23.8 Å². The van der Waals surface area contributed by atoms with E-state index in [1.54, 1.807) is 19.1 Å². The summed E-state index contributed by atoms with van der Waals surface area (Å²) in [5, 5.41) is 2.80. The van der Waals surface area contributed by atoms with E-state index in [1.807, 2.05) is 11.9 Å². The number of rotatable bonds is 6. The van der Waals surface area contributed by atoms with E-state index in [2.05, 4.69) is 10.2 Å². The average Bonchev–Trinajstić information content (AvgIpc) is 2.77. The number of piperazine rings is 1. The summed E-state index contributed by atoms with van der Waals surface area (Å²) >= 11 is 0. The van der Waals surface area contributed by atoms with E-state index in [0.717, 1.165) is 26.2 Å². The van der Waals surface area contributed by atoms with Crippen LogP contribution in [0.25, 0.3) is 0 Å². The zero-order chi connectivity index (χ0) is 22.5. The molecule has 0 saturated carbocycles. The molecule has 0 aliphatic carbocycles. The molecule has 31 heavy (non-hydrogen) atoms. The van der Waals surface area contributed by atoms with Crippen LogP contribution >= 0.6 is 0 Å². The molecule has 170 valence electrons. The number of ether oxygens (including phenoxy) is 4. The van der Waals surface area contributed by atoms with Gasteiger partial charge in [-0.15, -0.1) is 0 Å². The molecule has 0 spiro atoms. The lowest BCUT2D eigenvalue weighted by Crippen LogP contribution is -2.56. The second kappa shape index (κ2) is 9.86. The Morgan fingerprint density at radius 1 is 1.10 bits per heavy atom. The van der Waals surface area contributed by atoms with Gasteiger partial charge in [0.05, 0.1) is 27.9 Å². The van der Waals surface area contributed by atoms with Gasteiger partial charge in [-0.1, -0.05) is 0 Å². The third-order valence-corrected chi connectivity index (χ3v) is 5.49. The zero-order valence-electron chi connectivity index (χ0n) is 18.6. The van der Waals surface area contributed by atoms with Gasteiger partial charge in [0.15, 0.2) is 17.4 Å². The number of hydrogen-bond donors (Lipinski definition) is 1. The number of guanidine groups is 1. The van der Waals surface area contributed by atoms with Crippen LogP contribution in [0, 0.1) is 5.92 Å². The molecular formula is C21H30N4O6. The lowest BCUT2D eigenvalue weighted by molar-refractivity contribution is -0.153. The van der Waals surface area contributed by atoms with E-state index in [4.69, 9.17) is 23.9 Å². The number of aliphatic imine (C=N–C) groups is 1. The summed E-state index contributed by atoms with van der Waals surface area (Å²) in [7, 11) is 6.57. The quantitative estimate of drug-likeness (QED) is 0.515. The van der Waals surface area contributed by atoms with Crippen LogP contribution in [0.3, 0.4) is 0 Å². The second-order valence-corrected chi connectivity index (χ2v) is 7.33. The number of benzene rings is 1. The molecule has 0 radical (unpaired) electrons. The van der Waals surface area contributed by atoms with Crippen molar-refractivity contribution < 1.29 is 28.5 Å². The van der Waals surface area contributed by atoms with Gasteiger partial charge in [-0.2, -0.15) is 0 Å². The summed E-state index contributed by atoms with van der Waals surface area (Å²) in [5.41, 5.74) is 0.541. The van der Waals surface area contributed by atoms with Crippen LogP contribution < -0.4 is 19.5 Å². The average molecular weight is 434 g/mol. The molecule has 2 atom stereocenters. The van der Waals surface area contributed by atoms with E-state index in [9.17, 15) is 9.59 Å². The molecule has 0 aromatic heterocycles. The molecule has 2 aliphatic heterocycles. The summed E-state index contributed by atoms with van der Waals surface area (Å²) in [5.74, 6) is -0.597. The first-order chi connectivity index (χ1) is 14.9. The number of nitrogens with zero attached hydrogens (tertiary/aromatic N) is 3. The van der Waals surface area contributed by atoms with E-state index in [-0.39, 0.29) is 6.61 Å². The number of hydrogen-bond acceptors (Lipinski definition) is 9. The van der Waals surface area contributed by atoms with Crippen LogP contribution in [0.15, 0.2) is 17.1 Å².